The number of fused-ring (bicyclic) bond motifs is 2. The van der Waals surface area contributed by atoms with E-state index < -0.39 is 0 Å². The maximum atomic E-state index is 13.8. The Hall–Kier alpha value is -3.48. The quantitative estimate of drug-likeness (QED) is 0.630. The lowest BCUT2D eigenvalue weighted by molar-refractivity contribution is 0.0571. The van der Waals surface area contributed by atoms with Crippen molar-refractivity contribution in [2.24, 2.45) is 0 Å². The standard InChI is InChI=1S/C25H24FN3O3/c1-15-21(30)14-27-29-23(15)25(31)28-13-3-4-20(28)24(29)22(16-5-9-18(26)10-6-16)17-7-11-19(32-2)12-8-17/h5-12,14,20,22,24H,3-4,13H2,1-2H3/t20-,22+,24-/m1/s1. The first-order valence-electron chi connectivity index (χ1n) is 10.8. The molecule has 3 atom stereocenters. The number of carbonyl (C=O) groups is 1. The number of rotatable bonds is 4. The molecule has 0 aliphatic carbocycles. The van der Waals surface area contributed by atoms with Gasteiger partial charge < -0.3 is 9.64 Å². The topological polar surface area (TPSA) is 64.4 Å². The molecule has 2 aromatic carbocycles. The molecule has 1 saturated heterocycles. The van der Waals surface area contributed by atoms with Gasteiger partial charge >= 0.3 is 0 Å². The monoisotopic (exact) mass is 433 g/mol. The van der Waals surface area contributed by atoms with Crippen LogP contribution < -0.4 is 10.2 Å². The van der Waals surface area contributed by atoms with Crippen LogP contribution in [0.5, 0.6) is 5.75 Å². The third kappa shape index (κ3) is 3.20. The second-order valence-electron chi connectivity index (χ2n) is 8.43. The van der Waals surface area contributed by atoms with E-state index >= 15 is 0 Å². The van der Waals surface area contributed by atoms with Crippen molar-refractivity contribution in [2.45, 2.75) is 37.8 Å². The first-order chi connectivity index (χ1) is 15.5. The van der Waals surface area contributed by atoms with E-state index in [0.29, 0.717) is 17.8 Å². The van der Waals surface area contributed by atoms with Gasteiger partial charge in [-0.05, 0) is 55.2 Å². The van der Waals surface area contributed by atoms with Crippen LogP contribution in [0.15, 0.2) is 59.5 Å². The number of hydrogen-bond donors (Lipinski definition) is 0. The number of ether oxygens (including phenoxy) is 1. The van der Waals surface area contributed by atoms with Crippen LogP contribution in [-0.2, 0) is 0 Å². The molecule has 1 aromatic heterocycles. The third-order valence-electron chi connectivity index (χ3n) is 6.74. The molecule has 3 heterocycles. The molecule has 164 valence electrons. The Morgan fingerprint density at radius 2 is 1.72 bits per heavy atom. The Bertz CT molecular complexity index is 1220. The summed E-state index contributed by atoms with van der Waals surface area (Å²) in [4.78, 5) is 27.5. The van der Waals surface area contributed by atoms with Gasteiger partial charge in [-0.3, -0.25) is 14.3 Å². The van der Waals surface area contributed by atoms with Gasteiger partial charge in [-0.1, -0.05) is 24.3 Å². The molecule has 2 aliphatic heterocycles. The summed E-state index contributed by atoms with van der Waals surface area (Å²) in [7, 11) is 1.62. The van der Waals surface area contributed by atoms with Crippen LogP contribution in [0.1, 0.15) is 52.0 Å². The number of benzene rings is 2. The van der Waals surface area contributed by atoms with Crippen molar-refractivity contribution < 1.29 is 13.9 Å². The van der Waals surface area contributed by atoms with E-state index in [1.165, 1.54) is 18.3 Å². The van der Waals surface area contributed by atoms with Crippen LogP contribution in [0.4, 0.5) is 4.39 Å². The van der Waals surface area contributed by atoms with Gasteiger partial charge in [0.25, 0.3) is 5.91 Å². The smallest absolute Gasteiger partial charge is 0.272 e. The second-order valence-corrected chi connectivity index (χ2v) is 8.43. The Labute approximate surface area is 185 Å². The van der Waals surface area contributed by atoms with Gasteiger partial charge in [0, 0.05) is 18.0 Å². The highest BCUT2D eigenvalue weighted by atomic mass is 19.1. The fourth-order valence-electron chi connectivity index (χ4n) is 5.17. The molecule has 2 aliphatic rings. The predicted octanol–water partition coefficient (Wildman–Crippen LogP) is 3.69. The average Bonchev–Trinajstić information content (AvgIpc) is 3.30. The minimum absolute atomic E-state index is 0.0680. The summed E-state index contributed by atoms with van der Waals surface area (Å²) in [6, 6.07) is 14.0. The lowest BCUT2D eigenvalue weighted by atomic mass is 9.79. The molecule has 3 aromatic rings. The second kappa shape index (κ2) is 7.89. The van der Waals surface area contributed by atoms with Gasteiger partial charge in [0.2, 0.25) is 5.43 Å². The first kappa shape index (κ1) is 20.4. The van der Waals surface area contributed by atoms with Gasteiger partial charge in [-0.15, -0.1) is 0 Å². The van der Waals surface area contributed by atoms with Crippen molar-refractivity contribution in [1.82, 2.24) is 14.7 Å². The van der Waals surface area contributed by atoms with Gasteiger partial charge in [-0.2, -0.15) is 5.10 Å². The molecule has 7 heteroatoms. The number of hydrogen-bond acceptors (Lipinski definition) is 4. The van der Waals surface area contributed by atoms with Crippen LogP contribution >= 0.6 is 0 Å². The maximum absolute atomic E-state index is 13.8. The number of aromatic nitrogens is 2. The Kier molecular flexibility index (Phi) is 5.04. The number of nitrogens with zero attached hydrogens (tertiary/aromatic N) is 3. The normalized spacial score (nSPS) is 20.6. The average molecular weight is 433 g/mol. The largest absolute Gasteiger partial charge is 0.497 e. The van der Waals surface area contributed by atoms with E-state index in [1.54, 1.807) is 30.8 Å². The molecule has 0 unspecified atom stereocenters. The van der Waals surface area contributed by atoms with Crippen molar-refractivity contribution in [3.63, 3.8) is 0 Å². The van der Waals surface area contributed by atoms with Crippen molar-refractivity contribution in [2.75, 3.05) is 13.7 Å². The zero-order chi connectivity index (χ0) is 22.4. The molecule has 0 N–H and O–H groups in total. The van der Waals surface area contributed by atoms with E-state index in [2.05, 4.69) is 5.10 Å². The lowest BCUT2D eigenvalue weighted by Crippen LogP contribution is -2.51. The molecule has 32 heavy (non-hydrogen) atoms. The van der Waals surface area contributed by atoms with E-state index in [-0.39, 0.29) is 35.2 Å². The van der Waals surface area contributed by atoms with Crippen molar-refractivity contribution in [1.29, 1.82) is 0 Å². The molecular formula is C25H24FN3O3. The van der Waals surface area contributed by atoms with Crippen LogP contribution in [0.3, 0.4) is 0 Å². The van der Waals surface area contributed by atoms with Crippen LogP contribution in [0.2, 0.25) is 0 Å². The number of amides is 1. The van der Waals surface area contributed by atoms with Crippen molar-refractivity contribution in [3.05, 3.63) is 93.2 Å². The molecule has 1 fully saturated rings. The highest BCUT2D eigenvalue weighted by Crippen LogP contribution is 2.45. The highest BCUT2D eigenvalue weighted by molar-refractivity contribution is 5.95. The summed E-state index contributed by atoms with van der Waals surface area (Å²) in [5.41, 5.74) is 2.44. The first-order valence-corrected chi connectivity index (χ1v) is 10.8. The van der Waals surface area contributed by atoms with E-state index in [9.17, 15) is 14.0 Å². The lowest BCUT2D eigenvalue weighted by Gasteiger charge is -2.43. The van der Waals surface area contributed by atoms with Crippen molar-refractivity contribution in [3.8, 4) is 5.75 Å². The summed E-state index contributed by atoms with van der Waals surface area (Å²) in [6.45, 7) is 2.34. The molecule has 5 rings (SSSR count). The fraction of sp³-hybridized carbons (Fsp3) is 0.320. The zero-order valence-electron chi connectivity index (χ0n) is 18.0. The van der Waals surface area contributed by atoms with Gasteiger partial charge in [0.1, 0.15) is 17.3 Å². The van der Waals surface area contributed by atoms with E-state index in [0.717, 1.165) is 29.7 Å². The minimum Gasteiger partial charge on any atom is -0.497 e. The van der Waals surface area contributed by atoms with Crippen LogP contribution in [0.25, 0.3) is 0 Å². The Morgan fingerprint density at radius 3 is 2.38 bits per heavy atom. The van der Waals surface area contributed by atoms with E-state index in [4.69, 9.17) is 4.74 Å². The summed E-state index contributed by atoms with van der Waals surface area (Å²) >= 11 is 0. The SMILES string of the molecule is COc1ccc([C@H](c2ccc(F)cc2)[C@H]2[C@H]3CCCN3C(=O)c3c(C)c(=O)cnn32)cc1. The molecule has 0 saturated carbocycles. The molecule has 6 nitrogen and oxygen atoms in total. The third-order valence-corrected chi connectivity index (χ3v) is 6.74. The van der Waals surface area contributed by atoms with Gasteiger partial charge in [0.05, 0.1) is 25.4 Å². The minimum atomic E-state index is -0.304. The van der Waals surface area contributed by atoms with E-state index in [1.807, 2.05) is 29.2 Å². The zero-order valence-corrected chi connectivity index (χ0v) is 18.0. The molecular weight excluding hydrogens is 409 g/mol. The summed E-state index contributed by atoms with van der Waals surface area (Å²) in [5, 5.41) is 4.45. The van der Waals surface area contributed by atoms with Gasteiger partial charge in [-0.25, -0.2) is 4.39 Å². The Balaban J connectivity index is 1.75. The highest BCUT2D eigenvalue weighted by Gasteiger charge is 2.47. The number of carbonyl (C=O) groups excluding carboxylic acids is 1. The van der Waals surface area contributed by atoms with Gasteiger partial charge in [0.15, 0.2) is 0 Å². The number of halogens is 1. The maximum Gasteiger partial charge on any atom is 0.272 e. The summed E-state index contributed by atoms with van der Waals surface area (Å²) in [5.74, 6) is 0.0971. The molecule has 0 spiro atoms. The summed E-state index contributed by atoms with van der Waals surface area (Å²) < 4.78 is 20.8. The number of methoxy groups -OCH3 is 1. The molecule has 0 radical (unpaired) electrons. The van der Waals surface area contributed by atoms with Crippen LogP contribution in [-0.4, -0.2) is 40.3 Å². The molecule has 0 bridgehead atoms. The van der Waals surface area contributed by atoms with Crippen LogP contribution in [0, 0.1) is 12.7 Å². The van der Waals surface area contributed by atoms with Crippen molar-refractivity contribution >= 4 is 5.91 Å². The predicted molar refractivity (Wildman–Crippen MR) is 118 cm³/mol. The fourth-order valence-corrected chi connectivity index (χ4v) is 5.17. The Morgan fingerprint density at radius 1 is 1.06 bits per heavy atom. The summed E-state index contributed by atoms with van der Waals surface area (Å²) in [6.07, 6.45) is 3.03. The molecule has 1 amide bonds.